The standard InChI is InChI=1S/C21H13BrCl2N2O3/c1-28-18-6-3-12(22)9-14(18)20(27)25-13-4-7-19-17(10-13)26-21(29-19)11-2-5-15(23)16(24)8-11/h2-10H,1H3,(H,25,27). The number of carbonyl (C=O) groups excluding carboxylic acids is 1. The second kappa shape index (κ2) is 8.06. The van der Waals surface area contributed by atoms with Crippen LogP contribution in [0.2, 0.25) is 10.0 Å². The number of aromatic nitrogens is 1. The summed E-state index contributed by atoms with van der Waals surface area (Å²) < 4.78 is 11.8. The van der Waals surface area contributed by atoms with Gasteiger partial charge < -0.3 is 14.5 Å². The van der Waals surface area contributed by atoms with Crippen LogP contribution in [0.15, 0.2) is 63.5 Å². The highest BCUT2D eigenvalue weighted by molar-refractivity contribution is 9.10. The van der Waals surface area contributed by atoms with Gasteiger partial charge in [0.2, 0.25) is 5.89 Å². The minimum Gasteiger partial charge on any atom is -0.496 e. The fraction of sp³-hybridized carbons (Fsp3) is 0.0476. The Hall–Kier alpha value is -2.54. The van der Waals surface area contributed by atoms with E-state index >= 15 is 0 Å². The molecule has 0 aliphatic heterocycles. The van der Waals surface area contributed by atoms with Gasteiger partial charge in [0, 0.05) is 15.7 Å². The summed E-state index contributed by atoms with van der Waals surface area (Å²) in [6, 6.07) is 15.6. The van der Waals surface area contributed by atoms with Crippen molar-refractivity contribution in [1.82, 2.24) is 4.98 Å². The van der Waals surface area contributed by atoms with Crippen LogP contribution in [0.5, 0.6) is 5.75 Å². The number of nitrogens with zero attached hydrogens (tertiary/aromatic N) is 1. The summed E-state index contributed by atoms with van der Waals surface area (Å²) in [6.45, 7) is 0. The molecule has 1 heterocycles. The van der Waals surface area contributed by atoms with Gasteiger partial charge in [0.1, 0.15) is 11.3 Å². The van der Waals surface area contributed by atoms with Crippen molar-refractivity contribution in [3.8, 4) is 17.2 Å². The van der Waals surface area contributed by atoms with Crippen LogP contribution in [0.3, 0.4) is 0 Å². The van der Waals surface area contributed by atoms with Crippen molar-refractivity contribution >= 4 is 61.8 Å². The second-order valence-electron chi connectivity index (χ2n) is 6.13. The van der Waals surface area contributed by atoms with Gasteiger partial charge in [-0.3, -0.25) is 4.79 Å². The van der Waals surface area contributed by atoms with Crippen molar-refractivity contribution < 1.29 is 13.9 Å². The first-order chi connectivity index (χ1) is 13.9. The number of hydrogen-bond donors (Lipinski definition) is 1. The zero-order valence-electron chi connectivity index (χ0n) is 15.0. The molecule has 29 heavy (non-hydrogen) atoms. The number of amides is 1. The second-order valence-corrected chi connectivity index (χ2v) is 7.86. The number of nitrogens with one attached hydrogen (secondary N) is 1. The van der Waals surface area contributed by atoms with E-state index in [1.165, 1.54) is 7.11 Å². The Morgan fingerprint density at radius 1 is 1.07 bits per heavy atom. The topological polar surface area (TPSA) is 64.4 Å². The largest absolute Gasteiger partial charge is 0.496 e. The summed E-state index contributed by atoms with van der Waals surface area (Å²) in [6.07, 6.45) is 0. The minimum atomic E-state index is -0.296. The lowest BCUT2D eigenvalue weighted by Crippen LogP contribution is -2.13. The molecular formula is C21H13BrCl2N2O3. The summed E-state index contributed by atoms with van der Waals surface area (Å²) in [5, 5.41) is 3.73. The van der Waals surface area contributed by atoms with E-state index in [1.807, 2.05) is 6.07 Å². The molecule has 0 saturated carbocycles. The average molecular weight is 492 g/mol. The molecular weight excluding hydrogens is 479 g/mol. The smallest absolute Gasteiger partial charge is 0.259 e. The third kappa shape index (κ3) is 4.10. The molecule has 5 nitrogen and oxygen atoms in total. The Morgan fingerprint density at radius 2 is 1.90 bits per heavy atom. The van der Waals surface area contributed by atoms with E-state index in [0.29, 0.717) is 49.6 Å². The highest BCUT2D eigenvalue weighted by atomic mass is 79.9. The lowest BCUT2D eigenvalue weighted by Gasteiger charge is -2.09. The number of hydrogen-bond acceptors (Lipinski definition) is 4. The molecule has 1 N–H and O–H groups in total. The summed E-state index contributed by atoms with van der Waals surface area (Å²) in [5.74, 6) is 0.599. The molecule has 0 spiro atoms. The average Bonchev–Trinajstić information content (AvgIpc) is 3.13. The minimum absolute atomic E-state index is 0.296. The molecule has 0 radical (unpaired) electrons. The molecule has 0 saturated heterocycles. The van der Waals surface area contributed by atoms with Crippen molar-refractivity contribution in [2.24, 2.45) is 0 Å². The number of benzene rings is 3. The number of oxazole rings is 1. The Morgan fingerprint density at radius 3 is 2.66 bits per heavy atom. The zero-order chi connectivity index (χ0) is 20.5. The van der Waals surface area contributed by atoms with Crippen LogP contribution in [0.25, 0.3) is 22.6 Å². The van der Waals surface area contributed by atoms with Crippen molar-refractivity contribution in [3.05, 3.63) is 74.7 Å². The summed E-state index contributed by atoms with van der Waals surface area (Å²) in [7, 11) is 1.52. The van der Waals surface area contributed by atoms with Crippen LogP contribution >= 0.6 is 39.1 Å². The van der Waals surface area contributed by atoms with Crippen molar-refractivity contribution in [1.29, 1.82) is 0 Å². The third-order valence-corrected chi connectivity index (χ3v) is 5.45. The first-order valence-corrected chi connectivity index (χ1v) is 10.0. The quantitative estimate of drug-likeness (QED) is 0.340. The maximum absolute atomic E-state index is 12.7. The monoisotopic (exact) mass is 490 g/mol. The SMILES string of the molecule is COc1ccc(Br)cc1C(=O)Nc1ccc2oc(-c3ccc(Cl)c(Cl)c3)nc2c1. The van der Waals surface area contributed by atoms with Crippen LogP contribution in [-0.4, -0.2) is 18.0 Å². The van der Waals surface area contributed by atoms with Crippen molar-refractivity contribution in [3.63, 3.8) is 0 Å². The van der Waals surface area contributed by atoms with Gasteiger partial charge in [-0.15, -0.1) is 0 Å². The van der Waals surface area contributed by atoms with E-state index in [1.54, 1.807) is 48.5 Å². The van der Waals surface area contributed by atoms with Crippen LogP contribution in [-0.2, 0) is 0 Å². The fourth-order valence-corrected chi connectivity index (χ4v) is 3.47. The van der Waals surface area contributed by atoms with Crippen molar-refractivity contribution in [2.45, 2.75) is 0 Å². The number of ether oxygens (including phenoxy) is 1. The number of anilines is 1. The molecule has 4 rings (SSSR count). The maximum atomic E-state index is 12.7. The van der Waals surface area contributed by atoms with E-state index in [4.69, 9.17) is 32.4 Å². The predicted molar refractivity (Wildman–Crippen MR) is 118 cm³/mol. The maximum Gasteiger partial charge on any atom is 0.259 e. The molecule has 0 unspecified atom stereocenters. The molecule has 1 aromatic heterocycles. The van der Waals surface area contributed by atoms with Gasteiger partial charge in [-0.2, -0.15) is 0 Å². The summed E-state index contributed by atoms with van der Waals surface area (Å²) in [4.78, 5) is 17.2. The zero-order valence-corrected chi connectivity index (χ0v) is 18.1. The molecule has 1 amide bonds. The Labute approximate surface area is 184 Å². The molecule has 146 valence electrons. The predicted octanol–water partition coefficient (Wildman–Crippen LogP) is 6.83. The van der Waals surface area contributed by atoms with Gasteiger partial charge in [0.25, 0.3) is 5.91 Å². The number of carbonyl (C=O) groups is 1. The molecule has 0 atom stereocenters. The Balaban J connectivity index is 1.63. The third-order valence-electron chi connectivity index (χ3n) is 4.22. The fourth-order valence-electron chi connectivity index (χ4n) is 2.81. The summed E-state index contributed by atoms with van der Waals surface area (Å²) >= 11 is 15.4. The Kier molecular flexibility index (Phi) is 5.50. The van der Waals surface area contributed by atoms with Crippen LogP contribution in [0.4, 0.5) is 5.69 Å². The van der Waals surface area contributed by atoms with Crippen LogP contribution in [0.1, 0.15) is 10.4 Å². The van der Waals surface area contributed by atoms with E-state index in [0.717, 1.165) is 4.47 Å². The molecule has 0 aliphatic carbocycles. The van der Waals surface area contributed by atoms with Gasteiger partial charge >= 0.3 is 0 Å². The molecule has 0 bridgehead atoms. The molecule has 8 heteroatoms. The highest BCUT2D eigenvalue weighted by Gasteiger charge is 2.15. The first kappa shape index (κ1) is 19.8. The molecule has 0 fully saturated rings. The van der Waals surface area contributed by atoms with E-state index < -0.39 is 0 Å². The normalized spacial score (nSPS) is 10.9. The number of rotatable bonds is 4. The van der Waals surface area contributed by atoms with Gasteiger partial charge in [-0.05, 0) is 54.6 Å². The summed E-state index contributed by atoms with van der Waals surface area (Å²) in [5.41, 5.74) is 2.89. The van der Waals surface area contributed by atoms with Gasteiger partial charge in [0.15, 0.2) is 5.58 Å². The van der Waals surface area contributed by atoms with Gasteiger partial charge in [-0.1, -0.05) is 39.1 Å². The van der Waals surface area contributed by atoms with Crippen LogP contribution in [0, 0.1) is 0 Å². The van der Waals surface area contributed by atoms with Gasteiger partial charge in [0.05, 0.1) is 22.7 Å². The number of methoxy groups -OCH3 is 1. The van der Waals surface area contributed by atoms with Crippen LogP contribution < -0.4 is 10.1 Å². The molecule has 3 aromatic carbocycles. The Bertz CT molecular complexity index is 1240. The highest BCUT2D eigenvalue weighted by Crippen LogP contribution is 2.31. The van der Waals surface area contributed by atoms with Crippen molar-refractivity contribution in [2.75, 3.05) is 12.4 Å². The molecule has 4 aromatic rings. The van der Waals surface area contributed by atoms with Gasteiger partial charge in [-0.25, -0.2) is 4.98 Å². The number of halogens is 3. The van der Waals surface area contributed by atoms with E-state index in [-0.39, 0.29) is 5.91 Å². The number of fused-ring (bicyclic) bond motifs is 1. The molecule has 0 aliphatic rings. The van der Waals surface area contributed by atoms with E-state index in [9.17, 15) is 4.79 Å². The lowest BCUT2D eigenvalue weighted by molar-refractivity contribution is 0.102. The van der Waals surface area contributed by atoms with E-state index in [2.05, 4.69) is 26.2 Å². The first-order valence-electron chi connectivity index (χ1n) is 8.45. The lowest BCUT2D eigenvalue weighted by atomic mass is 10.2.